The van der Waals surface area contributed by atoms with Gasteiger partial charge in [-0.2, -0.15) is 0 Å². The van der Waals surface area contributed by atoms with Crippen LogP contribution >= 0.6 is 0 Å². The fraction of sp³-hybridized carbons (Fsp3) is 0.583. The maximum Gasteiger partial charge on any atom is 0.344 e. The van der Waals surface area contributed by atoms with Crippen molar-refractivity contribution in [1.82, 2.24) is 0 Å². The van der Waals surface area contributed by atoms with E-state index in [9.17, 15) is 14.4 Å². The maximum atomic E-state index is 11.3. The molecule has 0 aromatic carbocycles. The number of hydrogen-bond donors (Lipinski definition) is 0. The second-order valence-electron chi connectivity index (χ2n) is 3.51. The summed E-state index contributed by atoms with van der Waals surface area (Å²) in [5.41, 5.74) is 0.000897. The molecule has 0 aliphatic carbocycles. The highest BCUT2D eigenvalue weighted by atomic mass is 16.6. The maximum absolute atomic E-state index is 11.3. The number of carbonyl (C=O) groups excluding carboxylic acids is 3. The molecule has 0 atom stereocenters. The second-order valence-corrected chi connectivity index (χ2v) is 3.51. The Bertz CT molecular complexity index is 321. The van der Waals surface area contributed by atoms with Crippen LogP contribution < -0.4 is 0 Å². The minimum Gasteiger partial charge on any atom is -0.466 e. The Morgan fingerprint density at radius 1 is 1.11 bits per heavy atom. The molecule has 6 nitrogen and oxygen atoms in total. The van der Waals surface area contributed by atoms with E-state index >= 15 is 0 Å². The van der Waals surface area contributed by atoms with E-state index in [1.807, 2.05) is 6.92 Å². The van der Waals surface area contributed by atoms with Crippen molar-refractivity contribution in [1.29, 1.82) is 0 Å². The normalized spacial score (nSPS) is 9.44. The van der Waals surface area contributed by atoms with Crippen molar-refractivity contribution in [3.05, 3.63) is 12.2 Å². The SMILES string of the molecule is C=C(CC(=O)OCC(=O)OC)C(=O)OCCCC. The third-order valence-corrected chi connectivity index (χ3v) is 1.96. The average molecular weight is 258 g/mol. The van der Waals surface area contributed by atoms with Gasteiger partial charge in [0, 0.05) is 5.57 Å². The van der Waals surface area contributed by atoms with Crippen LogP contribution in [0.15, 0.2) is 12.2 Å². The lowest BCUT2D eigenvalue weighted by Crippen LogP contribution is -2.17. The molecule has 0 heterocycles. The van der Waals surface area contributed by atoms with Crippen LogP contribution in [0.25, 0.3) is 0 Å². The lowest BCUT2D eigenvalue weighted by atomic mass is 10.2. The molecule has 6 heteroatoms. The van der Waals surface area contributed by atoms with E-state index in [1.54, 1.807) is 0 Å². The second kappa shape index (κ2) is 9.21. The number of ether oxygens (including phenoxy) is 3. The molecule has 0 fully saturated rings. The van der Waals surface area contributed by atoms with Crippen LogP contribution in [0, 0.1) is 0 Å². The van der Waals surface area contributed by atoms with E-state index in [-0.39, 0.29) is 12.0 Å². The molecule has 0 amide bonds. The van der Waals surface area contributed by atoms with Gasteiger partial charge in [-0.25, -0.2) is 9.59 Å². The van der Waals surface area contributed by atoms with E-state index < -0.39 is 24.5 Å². The van der Waals surface area contributed by atoms with E-state index in [4.69, 9.17) is 4.74 Å². The van der Waals surface area contributed by atoms with Gasteiger partial charge in [-0.3, -0.25) is 4.79 Å². The Kier molecular flexibility index (Phi) is 8.26. The number of unbranched alkanes of at least 4 members (excludes halogenated alkanes) is 1. The Morgan fingerprint density at radius 2 is 1.78 bits per heavy atom. The van der Waals surface area contributed by atoms with Crippen LogP contribution in [0.1, 0.15) is 26.2 Å². The van der Waals surface area contributed by atoms with Gasteiger partial charge in [0.2, 0.25) is 0 Å². The topological polar surface area (TPSA) is 78.9 Å². The standard InChI is InChI=1S/C12H18O6/c1-4-5-6-17-12(15)9(2)7-10(13)18-8-11(14)16-3/h2,4-8H2,1,3H3. The largest absolute Gasteiger partial charge is 0.466 e. The summed E-state index contributed by atoms with van der Waals surface area (Å²) in [7, 11) is 1.18. The number of hydrogen-bond acceptors (Lipinski definition) is 6. The van der Waals surface area contributed by atoms with Crippen molar-refractivity contribution in [2.75, 3.05) is 20.3 Å². The summed E-state index contributed by atoms with van der Waals surface area (Å²) >= 11 is 0. The molecule has 0 saturated carbocycles. The van der Waals surface area contributed by atoms with Gasteiger partial charge in [0.15, 0.2) is 6.61 Å². The van der Waals surface area contributed by atoms with Gasteiger partial charge in [0.25, 0.3) is 0 Å². The quantitative estimate of drug-likeness (QED) is 0.279. The highest BCUT2D eigenvalue weighted by Crippen LogP contribution is 2.04. The van der Waals surface area contributed by atoms with Crippen molar-refractivity contribution in [2.24, 2.45) is 0 Å². The highest BCUT2D eigenvalue weighted by Gasteiger charge is 2.15. The monoisotopic (exact) mass is 258 g/mol. The van der Waals surface area contributed by atoms with Gasteiger partial charge >= 0.3 is 17.9 Å². The summed E-state index contributed by atoms with van der Waals surface area (Å²) in [6, 6.07) is 0. The van der Waals surface area contributed by atoms with Crippen molar-refractivity contribution in [2.45, 2.75) is 26.2 Å². The smallest absolute Gasteiger partial charge is 0.344 e. The van der Waals surface area contributed by atoms with Crippen molar-refractivity contribution >= 4 is 17.9 Å². The van der Waals surface area contributed by atoms with Crippen molar-refractivity contribution < 1.29 is 28.6 Å². The lowest BCUT2D eigenvalue weighted by Gasteiger charge is -2.06. The molecular formula is C12H18O6. The van der Waals surface area contributed by atoms with Crippen LogP contribution in [0.3, 0.4) is 0 Å². The van der Waals surface area contributed by atoms with Crippen LogP contribution in [0.5, 0.6) is 0 Å². The molecule has 0 aliphatic heterocycles. The Morgan fingerprint density at radius 3 is 2.33 bits per heavy atom. The van der Waals surface area contributed by atoms with E-state index in [0.29, 0.717) is 6.61 Å². The number of esters is 3. The summed E-state index contributed by atoms with van der Waals surface area (Å²) in [4.78, 5) is 33.2. The van der Waals surface area contributed by atoms with Crippen LogP contribution in [-0.4, -0.2) is 38.2 Å². The van der Waals surface area contributed by atoms with Crippen LogP contribution in [0.2, 0.25) is 0 Å². The predicted molar refractivity (Wildman–Crippen MR) is 62.6 cm³/mol. The third-order valence-electron chi connectivity index (χ3n) is 1.96. The first kappa shape index (κ1) is 16.1. The first-order chi connectivity index (χ1) is 8.51. The van der Waals surface area contributed by atoms with E-state index in [0.717, 1.165) is 12.8 Å². The molecule has 0 N–H and O–H groups in total. The molecule has 0 radical (unpaired) electrons. The van der Waals surface area contributed by atoms with Gasteiger partial charge in [-0.05, 0) is 6.42 Å². The van der Waals surface area contributed by atoms with Crippen LogP contribution in [-0.2, 0) is 28.6 Å². The molecule has 0 spiro atoms. The number of methoxy groups -OCH3 is 1. The molecule has 0 rings (SSSR count). The fourth-order valence-electron chi connectivity index (χ4n) is 0.907. The molecule has 0 saturated heterocycles. The number of rotatable bonds is 8. The van der Waals surface area contributed by atoms with Gasteiger partial charge in [-0.15, -0.1) is 0 Å². The summed E-state index contributed by atoms with van der Waals surface area (Å²) < 4.78 is 13.7. The molecule has 0 aliphatic rings. The van der Waals surface area contributed by atoms with Gasteiger partial charge in [0.05, 0.1) is 20.1 Å². The highest BCUT2D eigenvalue weighted by molar-refractivity contribution is 5.93. The molecule has 102 valence electrons. The minimum absolute atomic E-state index is 0.000897. The first-order valence-electron chi connectivity index (χ1n) is 5.58. The lowest BCUT2D eigenvalue weighted by molar-refractivity contribution is -0.157. The molecule has 0 aromatic rings. The molecule has 0 aromatic heterocycles. The predicted octanol–water partition coefficient (Wildman–Crippen LogP) is 0.992. The zero-order valence-electron chi connectivity index (χ0n) is 10.7. The molecule has 18 heavy (non-hydrogen) atoms. The Labute approximate surface area is 106 Å². The minimum atomic E-state index is -0.724. The summed E-state index contributed by atoms with van der Waals surface area (Å²) in [5.74, 6) is -2.02. The van der Waals surface area contributed by atoms with Gasteiger partial charge in [-0.1, -0.05) is 19.9 Å². The van der Waals surface area contributed by atoms with Gasteiger partial charge < -0.3 is 14.2 Å². The summed E-state index contributed by atoms with van der Waals surface area (Å²) in [5, 5.41) is 0. The Hall–Kier alpha value is -1.85. The summed E-state index contributed by atoms with van der Waals surface area (Å²) in [6.45, 7) is 5.21. The van der Waals surface area contributed by atoms with Crippen molar-refractivity contribution in [3.63, 3.8) is 0 Å². The molecular weight excluding hydrogens is 240 g/mol. The zero-order valence-corrected chi connectivity index (χ0v) is 10.7. The number of carbonyl (C=O) groups is 3. The fourth-order valence-corrected chi connectivity index (χ4v) is 0.907. The third kappa shape index (κ3) is 7.43. The average Bonchev–Trinajstić information content (AvgIpc) is 2.35. The molecule has 0 bridgehead atoms. The van der Waals surface area contributed by atoms with E-state index in [1.165, 1.54) is 7.11 Å². The van der Waals surface area contributed by atoms with Crippen LogP contribution in [0.4, 0.5) is 0 Å². The zero-order chi connectivity index (χ0) is 14.0. The first-order valence-corrected chi connectivity index (χ1v) is 5.58. The molecule has 0 unspecified atom stereocenters. The van der Waals surface area contributed by atoms with Gasteiger partial charge in [0.1, 0.15) is 0 Å². The Balaban J connectivity index is 3.88. The van der Waals surface area contributed by atoms with E-state index in [2.05, 4.69) is 16.1 Å². The summed E-state index contributed by atoms with van der Waals surface area (Å²) in [6.07, 6.45) is 1.36. The van der Waals surface area contributed by atoms with Crippen molar-refractivity contribution in [3.8, 4) is 0 Å².